The topological polar surface area (TPSA) is 226 Å². The van der Waals surface area contributed by atoms with Gasteiger partial charge in [-0.05, 0) is 6.07 Å². The molecule has 2 aliphatic rings. The van der Waals surface area contributed by atoms with Crippen molar-refractivity contribution in [3.8, 4) is 0 Å². The molecule has 1 unspecified atom stereocenters. The normalized spacial score (nSPS) is 40.6. The van der Waals surface area contributed by atoms with Gasteiger partial charge in [-0.1, -0.05) is 18.2 Å². The summed E-state index contributed by atoms with van der Waals surface area (Å²) in [6, 6.07) is 7.29. The molecule has 0 amide bonds. The zero-order chi connectivity index (χ0) is 25.4. The van der Waals surface area contributed by atoms with Crippen molar-refractivity contribution in [3.63, 3.8) is 0 Å². The number of hydrogen-bond donors (Lipinski definition) is 10. The highest BCUT2D eigenvalue weighted by molar-refractivity contribution is 14.1. The molecule has 0 spiro atoms. The van der Waals surface area contributed by atoms with Gasteiger partial charge in [-0.3, -0.25) is 2.78 Å². The third-order valence-electron chi connectivity index (χ3n) is 6.00. The van der Waals surface area contributed by atoms with Gasteiger partial charge >= 0.3 is 0 Å². The van der Waals surface area contributed by atoms with E-state index in [1.165, 1.54) is 0 Å². The Morgan fingerprint density at radius 2 is 1.44 bits per heavy atom. The van der Waals surface area contributed by atoms with Gasteiger partial charge in [-0.15, -0.1) is 0 Å². The molecule has 14 heteroatoms. The smallest absolute Gasteiger partial charge is 0.184 e. The van der Waals surface area contributed by atoms with E-state index in [0.717, 1.165) is 5.52 Å². The van der Waals surface area contributed by atoms with Crippen LogP contribution in [0.2, 0.25) is 0 Å². The van der Waals surface area contributed by atoms with Gasteiger partial charge in [0.1, 0.15) is 48.3 Å². The zero-order valence-electron chi connectivity index (χ0n) is 17.6. The Morgan fingerprint density at radius 3 is 2.06 bits per heavy atom. The Kier molecular flexibility index (Phi) is 8.89. The Hall–Kier alpha value is -0.990. The van der Waals surface area contributed by atoms with Crippen LogP contribution in [0.25, 0.3) is 10.9 Å². The maximum atomic E-state index is 10.4. The van der Waals surface area contributed by atoms with E-state index in [2.05, 4.69) is 4.74 Å². The fraction of sp³-hybridized carbons (Fsp3) is 0.600. The van der Waals surface area contributed by atoms with Crippen LogP contribution in [0.15, 0.2) is 30.5 Å². The van der Waals surface area contributed by atoms with Crippen molar-refractivity contribution >= 4 is 33.8 Å². The molecule has 0 aliphatic carbocycles. The van der Waals surface area contributed by atoms with Crippen molar-refractivity contribution in [2.24, 2.45) is 0 Å². The second-order valence-corrected chi connectivity index (χ2v) is 9.11. The predicted molar refractivity (Wildman–Crippen MR) is 121 cm³/mol. The fourth-order valence-corrected chi connectivity index (χ4v) is 4.68. The fourth-order valence-electron chi connectivity index (χ4n) is 3.98. The molecule has 1 aromatic carbocycles. The molecule has 34 heavy (non-hydrogen) atoms. The van der Waals surface area contributed by atoms with Crippen LogP contribution in [-0.2, 0) is 15.1 Å². The van der Waals surface area contributed by atoms with E-state index in [-0.39, 0.29) is 0 Å². The van der Waals surface area contributed by atoms with E-state index in [4.69, 9.17) is 30.3 Å². The molecule has 2 fully saturated rings. The predicted octanol–water partition coefficient (Wildman–Crippen LogP) is -3.76. The third kappa shape index (κ3) is 4.83. The first-order valence-electron chi connectivity index (χ1n) is 10.3. The summed E-state index contributed by atoms with van der Waals surface area (Å²) in [7, 11) is 0. The molecule has 13 nitrogen and oxygen atoms in total. The quantitative estimate of drug-likeness (QED) is 0.153. The Balaban J connectivity index is 0.000000229. The summed E-state index contributed by atoms with van der Waals surface area (Å²) in [6.45, 7) is -1.19. The number of nitrogens with zero attached hydrogens (tertiary/aromatic N) is 1. The van der Waals surface area contributed by atoms with Crippen molar-refractivity contribution in [2.75, 3.05) is 13.2 Å². The summed E-state index contributed by atoms with van der Waals surface area (Å²) in [4.78, 5) is 0. The molecule has 10 N–H and O–H groups in total. The first-order valence-corrected chi connectivity index (χ1v) is 11.2. The number of aliphatic hydroxyl groups is 10. The lowest BCUT2D eigenvalue weighted by Crippen LogP contribution is -2.64. The molecule has 2 aliphatic heterocycles. The highest BCUT2D eigenvalue weighted by Crippen LogP contribution is 2.41. The van der Waals surface area contributed by atoms with Crippen molar-refractivity contribution in [3.05, 3.63) is 36.0 Å². The monoisotopic (exact) mass is 601 g/mol. The van der Waals surface area contributed by atoms with E-state index in [9.17, 15) is 25.5 Å². The minimum absolute atomic E-state index is 0.428. The summed E-state index contributed by atoms with van der Waals surface area (Å²) < 4.78 is 11.7. The lowest BCUT2D eigenvalue weighted by Gasteiger charge is -2.46. The van der Waals surface area contributed by atoms with Gasteiger partial charge in [0.2, 0.25) is 0 Å². The largest absolute Gasteiger partial charge is 0.394 e. The first-order chi connectivity index (χ1) is 16.0. The lowest BCUT2D eigenvalue weighted by atomic mass is 9.81. The number of fused-ring (bicyclic) bond motifs is 1. The van der Waals surface area contributed by atoms with Gasteiger partial charge in [-0.25, -0.2) is 0 Å². The highest BCUT2D eigenvalue weighted by atomic mass is 127. The number of ether oxygens (including phenoxy) is 2. The summed E-state index contributed by atoms with van der Waals surface area (Å²) >= 11 is 2.04. The molecule has 2 saturated heterocycles. The van der Waals surface area contributed by atoms with Crippen LogP contribution >= 0.6 is 22.9 Å². The second kappa shape index (κ2) is 11.0. The first kappa shape index (κ1) is 27.6. The van der Waals surface area contributed by atoms with Crippen molar-refractivity contribution in [1.82, 2.24) is 2.78 Å². The van der Waals surface area contributed by atoms with Crippen molar-refractivity contribution in [2.45, 2.75) is 60.9 Å². The summed E-state index contributed by atoms with van der Waals surface area (Å²) in [6.07, 6.45) is -12.0. The van der Waals surface area contributed by atoms with Crippen LogP contribution in [0.3, 0.4) is 0 Å². The maximum Gasteiger partial charge on any atom is 0.184 e. The summed E-state index contributed by atoms with van der Waals surface area (Å²) in [5.41, 5.74) is -0.469. The molecular formula is C20H28INO12. The molecule has 10 atom stereocenters. The van der Waals surface area contributed by atoms with Gasteiger partial charge in [-0.2, -0.15) is 0 Å². The minimum Gasteiger partial charge on any atom is -0.394 e. The number of aliphatic hydroxyl groups excluding tert-OH is 10. The number of hydrogen-bond acceptors (Lipinski definition) is 12. The third-order valence-corrected chi connectivity index (χ3v) is 6.80. The molecular weight excluding hydrogens is 573 g/mol. The Labute approximate surface area is 207 Å². The Bertz CT molecular complexity index is 956. The minimum atomic E-state index is -1.73. The number of para-hydroxylation sites is 1. The van der Waals surface area contributed by atoms with E-state index >= 15 is 0 Å². The average molecular weight is 601 g/mol. The molecule has 0 radical (unpaired) electrons. The zero-order valence-corrected chi connectivity index (χ0v) is 19.8. The molecule has 0 bridgehead atoms. The molecule has 3 heterocycles. The summed E-state index contributed by atoms with van der Waals surface area (Å²) in [5, 5.41) is 95.0. The molecule has 4 rings (SSSR count). The maximum absolute atomic E-state index is 10.4. The number of rotatable bonds is 3. The van der Waals surface area contributed by atoms with Gasteiger partial charge in [0.05, 0.1) is 41.6 Å². The standard InChI is InChI=1S/C14H16INO6.C6H12O6/c15-16-5-8(7-3-1-2-4-9(7)16)14(6-17)12(20)10(18)11(19)13(21)22-14;7-1-2-3(8)4(9)5(10)6(11)12-2/h1-5,10-13,17-21H,6H2;2-11H,1H2/t10-,11-,12-,13-,14+;2-,3+,4+,5-,6?/m11/s1. The van der Waals surface area contributed by atoms with Crippen LogP contribution in [0.1, 0.15) is 5.56 Å². The van der Waals surface area contributed by atoms with E-state index < -0.39 is 74.1 Å². The summed E-state index contributed by atoms with van der Waals surface area (Å²) in [5.74, 6) is 0. The van der Waals surface area contributed by atoms with Crippen LogP contribution in [0.4, 0.5) is 0 Å². The number of halogens is 1. The molecule has 0 saturated carbocycles. The van der Waals surface area contributed by atoms with Crippen molar-refractivity contribution in [1.29, 1.82) is 0 Å². The van der Waals surface area contributed by atoms with Gasteiger partial charge in [0.15, 0.2) is 12.6 Å². The van der Waals surface area contributed by atoms with Gasteiger partial charge < -0.3 is 60.5 Å². The van der Waals surface area contributed by atoms with E-state index in [1.807, 2.05) is 35.0 Å². The molecule has 1 aromatic heterocycles. The SMILES string of the molecule is OC[C@@]1(c2cn(I)c3ccccc23)O[C@@H](O)[C@H](O)[C@@H](O)[C@H]1O.OC[C@H]1OC(O)[C@H](O)[C@@H](O)[C@H]1O. The highest BCUT2D eigenvalue weighted by Gasteiger charge is 2.55. The Morgan fingerprint density at radius 1 is 0.824 bits per heavy atom. The second-order valence-electron chi connectivity index (χ2n) is 8.07. The van der Waals surface area contributed by atoms with Crippen LogP contribution in [0, 0.1) is 0 Å². The van der Waals surface area contributed by atoms with Gasteiger partial charge in [0.25, 0.3) is 0 Å². The van der Waals surface area contributed by atoms with E-state index in [0.29, 0.717) is 10.9 Å². The van der Waals surface area contributed by atoms with E-state index in [1.54, 1.807) is 21.1 Å². The van der Waals surface area contributed by atoms with Crippen LogP contribution in [0.5, 0.6) is 0 Å². The van der Waals surface area contributed by atoms with Crippen LogP contribution in [-0.4, -0.2) is 122 Å². The molecule has 192 valence electrons. The average Bonchev–Trinajstić information content (AvgIpc) is 3.18. The van der Waals surface area contributed by atoms with Crippen LogP contribution < -0.4 is 0 Å². The van der Waals surface area contributed by atoms with Gasteiger partial charge in [0, 0.05) is 17.1 Å². The molecule has 2 aromatic rings. The van der Waals surface area contributed by atoms with Crippen molar-refractivity contribution < 1.29 is 60.5 Å². The number of benzene rings is 1. The lowest BCUT2D eigenvalue weighted by molar-refractivity contribution is -0.332. The number of aromatic nitrogens is 1.